The van der Waals surface area contributed by atoms with Crippen molar-refractivity contribution in [3.8, 4) is 0 Å². The van der Waals surface area contributed by atoms with E-state index in [4.69, 9.17) is 21.1 Å². The third-order valence-electron chi connectivity index (χ3n) is 10.9. The number of cyclic esters (lactones) is 2. The molecule has 1 aromatic carbocycles. The molecular weight excluding hydrogens is 794 g/mol. The Balaban J connectivity index is 2.63. The van der Waals surface area contributed by atoms with Gasteiger partial charge in [0, 0.05) is 37.0 Å². The van der Waals surface area contributed by atoms with Crippen LogP contribution in [0.2, 0.25) is 5.02 Å². The molecule has 9 atom stereocenters. The molecule has 0 aliphatic carbocycles. The zero-order chi connectivity index (χ0) is 45.6. The zero-order valence-electron chi connectivity index (χ0n) is 37.2. The van der Waals surface area contributed by atoms with Gasteiger partial charge in [0.05, 0.1) is 12.6 Å². The predicted molar refractivity (Wildman–Crippen MR) is 228 cm³/mol. The molecular formula is C44H66ClN5O10. The first-order valence-corrected chi connectivity index (χ1v) is 21.0. The van der Waals surface area contributed by atoms with Gasteiger partial charge >= 0.3 is 11.9 Å². The molecule has 1 aliphatic heterocycles. The average molecular weight is 860 g/mol. The summed E-state index contributed by atoms with van der Waals surface area (Å²) in [4.78, 5) is 98.1. The Bertz CT molecular complexity index is 1750. The first kappa shape index (κ1) is 51.4. The molecule has 16 heteroatoms. The van der Waals surface area contributed by atoms with Crippen LogP contribution >= 0.6 is 11.6 Å². The SMILES string of the molecule is C/C=C(\C)[C@H]1OC(=O)[C@@H](C)NC(=O)[C@H]([C@@H](C)CC)NC(=O)CN(C)C(=O)C(Cc2ccc(Cl)cc2)N(C)C(=O)[C@@H](C)NC(=O)C(CC(C)C)OC(=O)/C(C)=C/C[C@H](O)[C@@H]1C. The molecule has 334 valence electrons. The maximum absolute atomic E-state index is 14.2. The van der Waals surface area contributed by atoms with Crippen LogP contribution in [-0.2, 0) is 49.5 Å². The summed E-state index contributed by atoms with van der Waals surface area (Å²) in [5, 5.41) is 19.7. The third kappa shape index (κ3) is 15.1. The average Bonchev–Trinajstić information content (AvgIpc) is 3.20. The number of rotatable bonds is 7. The molecule has 60 heavy (non-hydrogen) atoms. The van der Waals surface area contributed by atoms with E-state index in [0.717, 1.165) is 4.90 Å². The first-order valence-electron chi connectivity index (χ1n) is 20.6. The molecule has 0 bridgehead atoms. The van der Waals surface area contributed by atoms with Crippen LogP contribution in [0.15, 0.2) is 47.6 Å². The van der Waals surface area contributed by atoms with Crippen molar-refractivity contribution < 1.29 is 48.1 Å². The van der Waals surface area contributed by atoms with Crippen molar-refractivity contribution in [3.05, 3.63) is 58.1 Å². The number of aliphatic hydroxyl groups excluding tert-OH is 1. The van der Waals surface area contributed by atoms with E-state index in [1.807, 2.05) is 20.8 Å². The van der Waals surface area contributed by atoms with Crippen molar-refractivity contribution in [3.63, 3.8) is 0 Å². The Kier molecular flexibility index (Phi) is 20.4. The fourth-order valence-electron chi connectivity index (χ4n) is 6.55. The van der Waals surface area contributed by atoms with Crippen LogP contribution in [0.25, 0.3) is 0 Å². The van der Waals surface area contributed by atoms with Crippen molar-refractivity contribution in [1.29, 1.82) is 0 Å². The van der Waals surface area contributed by atoms with Crippen molar-refractivity contribution >= 4 is 53.1 Å². The van der Waals surface area contributed by atoms with Crippen molar-refractivity contribution in [2.24, 2.45) is 17.8 Å². The van der Waals surface area contributed by atoms with Gasteiger partial charge in [0.25, 0.3) is 5.91 Å². The molecule has 0 aromatic heterocycles. The maximum Gasteiger partial charge on any atom is 0.334 e. The lowest BCUT2D eigenvalue weighted by atomic mass is 9.90. The lowest BCUT2D eigenvalue weighted by molar-refractivity contribution is -0.155. The third-order valence-corrected chi connectivity index (χ3v) is 11.2. The number of aliphatic hydroxyl groups is 1. The summed E-state index contributed by atoms with van der Waals surface area (Å²) in [5.41, 5.74) is 1.42. The summed E-state index contributed by atoms with van der Waals surface area (Å²) >= 11 is 6.11. The fraction of sp³-hybridized carbons (Fsp3) is 0.614. The van der Waals surface area contributed by atoms with Gasteiger partial charge in [-0.05, 0) is 82.6 Å². The molecule has 1 aromatic rings. The highest BCUT2D eigenvalue weighted by atomic mass is 35.5. The van der Waals surface area contributed by atoms with Crippen LogP contribution in [-0.4, -0.2) is 120 Å². The predicted octanol–water partition coefficient (Wildman–Crippen LogP) is 3.89. The summed E-state index contributed by atoms with van der Waals surface area (Å²) in [6.45, 7) is 16.4. The number of hydrogen-bond donors (Lipinski definition) is 4. The number of nitrogens with zero attached hydrogens (tertiary/aromatic N) is 2. The minimum atomic E-state index is -1.28. The number of carbonyl (C=O) groups is 7. The zero-order valence-corrected chi connectivity index (χ0v) is 37.9. The summed E-state index contributed by atoms with van der Waals surface area (Å²) in [6.07, 6.45) is 0.562. The molecule has 0 spiro atoms. The Morgan fingerprint density at radius 2 is 1.52 bits per heavy atom. The molecule has 1 heterocycles. The van der Waals surface area contributed by atoms with Crippen LogP contribution in [0.3, 0.4) is 0 Å². The number of benzene rings is 1. The number of halogens is 1. The van der Waals surface area contributed by atoms with E-state index in [-0.39, 0.29) is 36.7 Å². The van der Waals surface area contributed by atoms with Gasteiger partial charge in [0.2, 0.25) is 23.6 Å². The van der Waals surface area contributed by atoms with E-state index in [1.54, 1.807) is 58.0 Å². The summed E-state index contributed by atoms with van der Waals surface area (Å²) in [7, 11) is 2.81. The van der Waals surface area contributed by atoms with Gasteiger partial charge in [0.1, 0.15) is 30.3 Å². The van der Waals surface area contributed by atoms with Gasteiger partial charge < -0.3 is 40.3 Å². The topological polar surface area (TPSA) is 201 Å². The van der Waals surface area contributed by atoms with Crippen molar-refractivity contribution in [2.45, 2.75) is 137 Å². The Morgan fingerprint density at radius 1 is 0.917 bits per heavy atom. The quantitative estimate of drug-likeness (QED) is 0.230. The van der Waals surface area contributed by atoms with Crippen molar-refractivity contribution in [1.82, 2.24) is 25.8 Å². The molecule has 2 unspecified atom stereocenters. The molecule has 0 radical (unpaired) electrons. The Labute approximate surface area is 360 Å². The number of hydrogen-bond acceptors (Lipinski definition) is 10. The lowest BCUT2D eigenvalue weighted by Gasteiger charge is -2.33. The molecule has 2 rings (SSSR count). The van der Waals surface area contributed by atoms with E-state index in [0.29, 0.717) is 22.6 Å². The molecule has 4 N–H and O–H groups in total. The Morgan fingerprint density at radius 3 is 2.08 bits per heavy atom. The summed E-state index contributed by atoms with van der Waals surface area (Å²) in [5.74, 6) is -5.97. The van der Waals surface area contributed by atoms with Gasteiger partial charge in [-0.15, -0.1) is 0 Å². The minimum absolute atomic E-state index is 0.0257. The van der Waals surface area contributed by atoms with Crippen LogP contribution in [0.1, 0.15) is 94.1 Å². The summed E-state index contributed by atoms with van der Waals surface area (Å²) in [6, 6.07) is 2.13. The second kappa shape index (κ2) is 23.9. The smallest absolute Gasteiger partial charge is 0.334 e. The fourth-order valence-corrected chi connectivity index (χ4v) is 6.68. The molecule has 0 saturated heterocycles. The number of allylic oxidation sites excluding steroid dienone is 1. The van der Waals surface area contributed by atoms with E-state index in [1.165, 1.54) is 45.8 Å². The van der Waals surface area contributed by atoms with Gasteiger partial charge in [-0.3, -0.25) is 24.0 Å². The normalized spacial score (nSPS) is 28.6. The number of likely N-dealkylation sites (N-methyl/N-ethyl adjacent to an activating group) is 2. The molecule has 15 nitrogen and oxygen atoms in total. The maximum atomic E-state index is 14.2. The largest absolute Gasteiger partial charge is 0.456 e. The standard InChI is InChI=1S/C44H66ClN5O10/c1-13-25(5)37-40(54)47-30(10)44(58)60-38(26(6)14-2)28(8)34(51)20-15-27(7)43(57)59-35(21-24(3)4)39(53)46-29(9)41(55)50(12)33(22-31-16-18-32(45)19-17-31)42(56)49(11)23-36(52)48-37/h14-19,24-25,28-30,33-35,37-38,51H,13,20-23H2,1-12H3,(H,46,53)(H,47,54)(H,48,52)/b26-14+,27-15+/t25-,28-,29+,30+,33?,34-,35?,37-,38+/m0/s1. The molecule has 5 amide bonds. The van der Waals surface area contributed by atoms with Gasteiger partial charge in [0.15, 0.2) is 6.10 Å². The minimum Gasteiger partial charge on any atom is -0.456 e. The molecule has 1 aliphatic rings. The number of amides is 5. The summed E-state index contributed by atoms with van der Waals surface area (Å²) < 4.78 is 11.5. The van der Waals surface area contributed by atoms with Gasteiger partial charge in [-0.1, -0.05) is 76.9 Å². The van der Waals surface area contributed by atoms with E-state index in [9.17, 15) is 38.7 Å². The van der Waals surface area contributed by atoms with Crippen molar-refractivity contribution in [2.75, 3.05) is 20.6 Å². The number of carbonyl (C=O) groups excluding carboxylic acids is 7. The highest BCUT2D eigenvalue weighted by Gasteiger charge is 2.36. The monoisotopic (exact) mass is 859 g/mol. The first-order chi connectivity index (χ1) is 28.0. The van der Waals surface area contributed by atoms with E-state index < -0.39 is 96.4 Å². The number of esters is 2. The van der Waals surface area contributed by atoms with E-state index >= 15 is 0 Å². The highest BCUT2D eigenvalue weighted by Crippen LogP contribution is 2.24. The van der Waals surface area contributed by atoms with E-state index in [2.05, 4.69) is 16.0 Å². The van der Waals surface area contributed by atoms with Crippen LogP contribution in [0.5, 0.6) is 0 Å². The van der Waals surface area contributed by atoms with Crippen LogP contribution in [0, 0.1) is 17.8 Å². The Hall–Kier alpha value is -4.76. The van der Waals surface area contributed by atoms with Gasteiger partial charge in [-0.25, -0.2) is 9.59 Å². The van der Waals surface area contributed by atoms with Crippen LogP contribution in [0.4, 0.5) is 0 Å². The number of nitrogens with one attached hydrogen (secondary N) is 3. The van der Waals surface area contributed by atoms with Gasteiger partial charge in [-0.2, -0.15) is 0 Å². The molecule has 0 saturated carbocycles. The lowest BCUT2D eigenvalue weighted by Crippen LogP contribution is -2.57. The second-order valence-electron chi connectivity index (χ2n) is 16.3. The molecule has 0 fully saturated rings. The highest BCUT2D eigenvalue weighted by molar-refractivity contribution is 6.30. The van der Waals surface area contributed by atoms with Crippen LogP contribution < -0.4 is 16.0 Å². The second-order valence-corrected chi connectivity index (χ2v) is 16.8. The number of ether oxygens (including phenoxy) is 2.